The third-order valence-electron chi connectivity index (χ3n) is 12.1. The number of anilines is 4. The van der Waals surface area contributed by atoms with Gasteiger partial charge < -0.3 is 39.4 Å². The van der Waals surface area contributed by atoms with Crippen molar-refractivity contribution in [3.8, 4) is 11.5 Å². The quantitative estimate of drug-likeness (QED) is 0.176. The van der Waals surface area contributed by atoms with Crippen LogP contribution in [0.2, 0.25) is 5.02 Å². The van der Waals surface area contributed by atoms with Crippen LogP contribution in [0.3, 0.4) is 0 Å². The molecule has 4 aliphatic heterocycles. The van der Waals surface area contributed by atoms with Crippen molar-refractivity contribution < 1.29 is 28.7 Å². The van der Waals surface area contributed by atoms with Gasteiger partial charge in [0.15, 0.2) is 18.2 Å². The van der Waals surface area contributed by atoms with E-state index < -0.39 is 11.9 Å². The molecule has 3 fully saturated rings. The van der Waals surface area contributed by atoms with Crippen molar-refractivity contribution in [1.82, 2.24) is 35.0 Å². The van der Waals surface area contributed by atoms with Crippen LogP contribution in [0.4, 0.5) is 23.1 Å². The Morgan fingerprint density at radius 1 is 0.967 bits per heavy atom. The number of hydrogen-bond donors (Lipinski definition) is 3. The Hall–Kier alpha value is -5.94. The first-order valence-electron chi connectivity index (χ1n) is 20.8. The Balaban J connectivity index is 0.863. The van der Waals surface area contributed by atoms with E-state index in [0.29, 0.717) is 52.7 Å². The fourth-order valence-corrected chi connectivity index (χ4v) is 8.95. The first-order valence-corrected chi connectivity index (χ1v) is 21.2. The van der Waals surface area contributed by atoms with Crippen LogP contribution in [0.25, 0.3) is 10.9 Å². The molecule has 2 aromatic heterocycles. The van der Waals surface area contributed by atoms with Gasteiger partial charge in [-0.25, -0.2) is 4.98 Å². The van der Waals surface area contributed by atoms with Gasteiger partial charge in [-0.2, -0.15) is 4.98 Å². The molecular formula is C43H51ClN10O7. The number of likely N-dealkylation sites (N-methyl/N-ethyl adjacent to an activating group) is 1. The first kappa shape index (κ1) is 41.8. The summed E-state index contributed by atoms with van der Waals surface area (Å²) in [5.74, 6) is 1.05. The second-order valence-electron chi connectivity index (χ2n) is 16.3. The number of ether oxygens (including phenoxy) is 2. The van der Waals surface area contributed by atoms with E-state index >= 15 is 0 Å². The Morgan fingerprint density at radius 3 is 2.44 bits per heavy atom. The molecule has 61 heavy (non-hydrogen) atoms. The van der Waals surface area contributed by atoms with Crippen LogP contribution in [-0.2, 0) is 20.9 Å². The number of benzene rings is 2. The predicted molar refractivity (Wildman–Crippen MR) is 231 cm³/mol. The van der Waals surface area contributed by atoms with E-state index in [-0.39, 0.29) is 48.1 Å². The maximum absolute atomic E-state index is 13.4. The number of carbonyl (C=O) groups is 4. The van der Waals surface area contributed by atoms with Crippen LogP contribution in [0, 0.1) is 5.92 Å². The minimum Gasteiger partial charge on any atom is -0.495 e. The lowest BCUT2D eigenvalue weighted by Crippen LogP contribution is -2.52. The molecule has 3 N–H and O–H groups in total. The lowest BCUT2D eigenvalue weighted by Gasteiger charge is -2.39. The number of nitrogens with one attached hydrogen (secondary N) is 3. The molecule has 0 radical (unpaired) electrons. The van der Waals surface area contributed by atoms with Gasteiger partial charge in [-0.15, -0.1) is 0 Å². The molecule has 1 unspecified atom stereocenters. The molecule has 4 aliphatic rings. The Labute approximate surface area is 358 Å². The summed E-state index contributed by atoms with van der Waals surface area (Å²) in [6.07, 6.45) is 4.19. The van der Waals surface area contributed by atoms with Gasteiger partial charge in [0.05, 0.1) is 24.5 Å². The number of pyridine rings is 1. The molecule has 0 spiro atoms. The number of piperidine rings is 2. The minimum atomic E-state index is -0.658. The van der Waals surface area contributed by atoms with Crippen LogP contribution in [-0.4, -0.2) is 121 Å². The molecule has 8 rings (SSSR count). The zero-order valence-corrected chi connectivity index (χ0v) is 35.6. The normalized spacial score (nSPS) is 18.8. The number of fused-ring (bicyclic) bond motifs is 2. The van der Waals surface area contributed by atoms with Gasteiger partial charge in [0.2, 0.25) is 17.8 Å². The minimum absolute atomic E-state index is 0.0898. The van der Waals surface area contributed by atoms with E-state index in [0.717, 1.165) is 80.8 Å². The average molecular weight is 855 g/mol. The number of halogens is 1. The Kier molecular flexibility index (Phi) is 12.0. The number of aromatic nitrogens is 3. The van der Waals surface area contributed by atoms with Gasteiger partial charge in [-0.05, 0) is 81.0 Å². The maximum atomic E-state index is 13.4. The zero-order valence-electron chi connectivity index (χ0n) is 34.8. The Morgan fingerprint density at radius 2 is 1.74 bits per heavy atom. The molecule has 18 heteroatoms. The summed E-state index contributed by atoms with van der Waals surface area (Å²) in [7, 11) is 3.13. The molecule has 3 saturated heterocycles. The summed E-state index contributed by atoms with van der Waals surface area (Å²) in [4.78, 5) is 80.7. The van der Waals surface area contributed by atoms with Crippen molar-refractivity contribution in [3.05, 3.63) is 69.1 Å². The highest BCUT2D eigenvalue weighted by molar-refractivity contribution is 6.33. The van der Waals surface area contributed by atoms with Crippen molar-refractivity contribution in [3.63, 3.8) is 0 Å². The van der Waals surface area contributed by atoms with Crippen molar-refractivity contribution >= 4 is 69.3 Å². The van der Waals surface area contributed by atoms with Gasteiger partial charge >= 0.3 is 0 Å². The van der Waals surface area contributed by atoms with Crippen LogP contribution >= 0.6 is 11.6 Å². The van der Waals surface area contributed by atoms with Crippen molar-refractivity contribution in [2.45, 2.75) is 58.2 Å². The number of methoxy groups -OCH3 is 1. The SMILES string of the molecule is CNC(=O)COc1cc2cc(Nc3nc(N4CCN(CC5CCN(c6cc7c(cc6OC)C(=O)N(C6CCC(=O)NC6=O)C7)CC5)CC4)ncc3Cl)ccc2n(C(C)C)c1=O. The molecule has 0 bridgehead atoms. The van der Waals surface area contributed by atoms with E-state index in [4.69, 9.17) is 26.1 Å². The highest BCUT2D eigenvalue weighted by Gasteiger charge is 2.40. The molecular weight excluding hydrogens is 804 g/mol. The monoisotopic (exact) mass is 854 g/mol. The van der Waals surface area contributed by atoms with Gasteiger partial charge in [0.25, 0.3) is 17.4 Å². The van der Waals surface area contributed by atoms with Crippen LogP contribution in [0.1, 0.15) is 61.5 Å². The molecule has 0 saturated carbocycles. The van der Waals surface area contributed by atoms with Crippen molar-refractivity contribution in [2.24, 2.45) is 5.92 Å². The summed E-state index contributed by atoms with van der Waals surface area (Å²) < 4.78 is 13.0. The van der Waals surface area contributed by atoms with E-state index in [2.05, 4.69) is 35.6 Å². The number of piperazine rings is 1. The number of imide groups is 1. The highest BCUT2D eigenvalue weighted by atomic mass is 35.5. The van der Waals surface area contributed by atoms with E-state index in [9.17, 15) is 24.0 Å². The second-order valence-corrected chi connectivity index (χ2v) is 16.7. The number of rotatable bonds is 12. The molecule has 4 amide bonds. The van der Waals surface area contributed by atoms with Gasteiger partial charge in [0.1, 0.15) is 16.8 Å². The molecule has 4 aromatic rings. The van der Waals surface area contributed by atoms with Gasteiger partial charge in [-0.1, -0.05) is 11.6 Å². The largest absolute Gasteiger partial charge is 0.495 e. The fraction of sp³-hybridized carbons (Fsp3) is 0.465. The fourth-order valence-electron chi connectivity index (χ4n) is 8.81. The summed E-state index contributed by atoms with van der Waals surface area (Å²) in [5, 5.41) is 9.33. The lowest BCUT2D eigenvalue weighted by atomic mass is 9.95. The van der Waals surface area contributed by atoms with Crippen molar-refractivity contribution in [2.75, 3.05) is 81.7 Å². The summed E-state index contributed by atoms with van der Waals surface area (Å²) >= 11 is 6.61. The highest BCUT2D eigenvalue weighted by Crippen LogP contribution is 2.39. The summed E-state index contributed by atoms with van der Waals surface area (Å²) in [5.41, 5.74) is 3.50. The van der Waals surface area contributed by atoms with Crippen molar-refractivity contribution in [1.29, 1.82) is 0 Å². The maximum Gasteiger partial charge on any atom is 0.293 e. The van der Waals surface area contributed by atoms with Crippen LogP contribution in [0.5, 0.6) is 11.5 Å². The third-order valence-corrected chi connectivity index (χ3v) is 12.4. The number of hydrogen-bond acceptors (Lipinski definition) is 13. The smallest absolute Gasteiger partial charge is 0.293 e. The first-order chi connectivity index (χ1) is 29.4. The third kappa shape index (κ3) is 8.66. The summed E-state index contributed by atoms with van der Waals surface area (Å²) in [6, 6.07) is 10.3. The molecule has 17 nitrogen and oxygen atoms in total. The topological polar surface area (TPSA) is 184 Å². The second kappa shape index (κ2) is 17.6. The predicted octanol–water partition coefficient (Wildman–Crippen LogP) is 3.70. The van der Waals surface area contributed by atoms with E-state index in [1.807, 2.05) is 38.1 Å². The number of nitrogens with zero attached hydrogens (tertiary/aromatic N) is 7. The molecule has 1 atom stereocenters. The molecule has 2 aromatic carbocycles. The van der Waals surface area contributed by atoms with Crippen LogP contribution < -0.4 is 40.8 Å². The average Bonchev–Trinajstić information content (AvgIpc) is 3.57. The molecule has 6 heterocycles. The Bertz CT molecular complexity index is 2430. The van der Waals surface area contributed by atoms with Gasteiger partial charge in [0, 0.05) is 88.5 Å². The zero-order chi connectivity index (χ0) is 42.9. The molecule has 322 valence electrons. The van der Waals surface area contributed by atoms with E-state index in [1.165, 1.54) is 7.05 Å². The summed E-state index contributed by atoms with van der Waals surface area (Å²) in [6.45, 7) is 9.90. The number of carbonyl (C=O) groups excluding carboxylic acids is 4. The molecule has 0 aliphatic carbocycles. The standard InChI is InChI=1S/C43H51ClN10O7/c1-25(2)54-32-6-5-29(17-27(32)19-36(42(54)59)61-24-38(56)45-3)47-39-31(44)21-46-43(49-39)52-15-13-50(14-16-52)22-26-9-11-51(12-10-26)34-18-28-23-53(33-7-8-37(55)48-40(33)57)41(58)30(28)20-35(34)60-4/h5-6,17-21,25-26,33H,7-16,22-24H2,1-4H3,(H,45,56)(H,46,47,49)(H,48,55,57). The van der Waals surface area contributed by atoms with Crippen LogP contribution in [0.15, 0.2) is 47.4 Å². The van der Waals surface area contributed by atoms with E-state index in [1.54, 1.807) is 34.9 Å². The lowest BCUT2D eigenvalue weighted by molar-refractivity contribution is -0.137. The number of amides is 4. The van der Waals surface area contributed by atoms with Gasteiger partial charge in [-0.3, -0.25) is 34.2 Å².